The first-order valence-corrected chi connectivity index (χ1v) is 8.75. The molecule has 0 aliphatic rings. The molecule has 4 rings (SSSR count). The molecule has 0 fully saturated rings. The SMILES string of the molecule is N#Cc1ccc(-c2csc(-c3ccc4ccc(C(=O)O)cc4c3)n2)cc1. The summed E-state index contributed by atoms with van der Waals surface area (Å²) in [5.41, 5.74) is 3.65. The van der Waals surface area contributed by atoms with Crippen molar-refractivity contribution in [3.05, 3.63) is 77.2 Å². The molecule has 5 heteroatoms. The van der Waals surface area contributed by atoms with Crippen molar-refractivity contribution in [3.63, 3.8) is 0 Å². The van der Waals surface area contributed by atoms with Crippen LogP contribution in [0.15, 0.2) is 66.0 Å². The van der Waals surface area contributed by atoms with E-state index in [2.05, 4.69) is 11.1 Å². The van der Waals surface area contributed by atoms with Gasteiger partial charge in [-0.25, -0.2) is 9.78 Å². The number of carboxylic acids is 1. The van der Waals surface area contributed by atoms with Crippen LogP contribution in [0.25, 0.3) is 32.6 Å². The van der Waals surface area contributed by atoms with E-state index in [4.69, 9.17) is 10.4 Å². The minimum Gasteiger partial charge on any atom is -0.478 e. The quantitative estimate of drug-likeness (QED) is 0.547. The van der Waals surface area contributed by atoms with Crippen LogP contribution in [0.4, 0.5) is 0 Å². The zero-order valence-corrected chi connectivity index (χ0v) is 14.3. The van der Waals surface area contributed by atoms with Gasteiger partial charge in [0.15, 0.2) is 0 Å². The van der Waals surface area contributed by atoms with Crippen LogP contribution in [0, 0.1) is 11.3 Å². The van der Waals surface area contributed by atoms with Gasteiger partial charge < -0.3 is 5.11 Å². The van der Waals surface area contributed by atoms with Crippen molar-refractivity contribution >= 4 is 28.1 Å². The summed E-state index contributed by atoms with van der Waals surface area (Å²) in [5, 5.41) is 22.8. The number of thiazole rings is 1. The lowest BCUT2D eigenvalue weighted by Crippen LogP contribution is -1.95. The van der Waals surface area contributed by atoms with Crippen LogP contribution in [0.5, 0.6) is 0 Å². The molecule has 0 spiro atoms. The van der Waals surface area contributed by atoms with Gasteiger partial charge in [-0.3, -0.25) is 0 Å². The summed E-state index contributed by atoms with van der Waals surface area (Å²) >= 11 is 1.53. The lowest BCUT2D eigenvalue weighted by molar-refractivity contribution is 0.0697. The lowest BCUT2D eigenvalue weighted by Gasteiger charge is -2.03. The van der Waals surface area contributed by atoms with E-state index in [1.165, 1.54) is 11.3 Å². The number of aromatic nitrogens is 1. The Bertz CT molecular complexity index is 1170. The normalized spacial score (nSPS) is 10.6. The summed E-state index contributed by atoms with van der Waals surface area (Å²) in [5.74, 6) is -0.936. The number of hydrogen-bond acceptors (Lipinski definition) is 4. The third-order valence-corrected chi connectivity index (χ3v) is 5.04. The van der Waals surface area contributed by atoms with Gasteiger partial charge in [-0.05, 0) is 41.1 Å². The number of hydrogen-bond donors (Lipinski definition) is 1. The Morgan fingerprint density at radius 1 is 0.962 bits per heavy atom. The van der Waals surface area contributed by atoms with Gasteiger partial charge in [0.2, 0.25) is 0 Å². The molecule has 0 amide bonds. The topological polar surface area (TPSA) is 74.0 Å². The van der Waals surface area contributed by atoms with Crippen LogP contribution < -0.4 is 0 Å². The summed E-state index contributed by atoms with van der Waals surface area (Å²) in [6.07, 6.45) is 0. The molecule has 26 heavy (non-hydrogen) atoms. The van der Waals surface area contributed by atoms with Crippen molar-refractivity contribution in [1.82, 2.24) is 4.98 Å². The molecule has 1 N–H and O–H groups in total. The van der Waals surface area contributed by atoms with Gasteiger partial charge in [0.1, 0.15) is 5.01 Å². The van der Waals surface area contributed by atoms with Crippen molar-refractivity contribution in [3.8, 4) is 27.9 Å². The van der Waals surface area contributed by atoms with Gasteiger partial charge >= 0.3 is 5.97 Å². The molecule has 4 nitrogen and oxygen atoms in total. The number of fused-ring (bicyclic) bond motifs is 1. The smallest absolute Gasteiger partial charge is 0.335 e. The zero-order chi connectivity index (χ0) is 18.1. The fourth-order valence-corrected chi connectivity index (χ4v) is 3.59. The third-order valence-electron chi connectivity index (χ3n) is 4.15. The fraction of sp³-hybridized carbons (Fsp3) is 0. The minimum atomic E-state index is -0.936. The van der Waals surface area contributed by atoms with Crippen LogP contribution >= 0.6 is 11.3 Å². The summed E-state index contributed by atoms with van der Waals surface area (Å²) in [7, 11) is 0. The highest BCUT2D eigenvalue weighted by atomic mass is 32.1. The van der Waals surface area contributed by atoms with Gasteiger partial charge in [-0.15, -0.1) is 11.3 Å². The third kappa shape index (κ3) is 2.94. The van der Waals surface area contributed by atoms with E-state index >= 15 is 0 Å². The van der Waals surface area contributed by atoms with Crippen LogP contribution in [-0.4, -0.2) is 16.1 Å². The van der Waals surface area contributed by atoms with Crippen LogP contribution in [0.2, 0.25) is 0 Å². The highest BCUT2D eigenvalue weighted by Gasteiger charge is 2.09. The largest absolute Gasteiger partial charge is 0.478 e. The maximum atomic E-state index is 11.2. The molecule has 0 atom stereocenters. The second-order valence-corrected chi connectivity index (χ2v) is 6.67. The Hall–Kier alpha value is -3.49. The van der Waals surface area contributed by atoms with Crippen LogP contribution in [0.3, 0.4) is 0 Å². The molecule has 4 aromatic rings. The Kier molecular flexibility index (Phi) is 3.96. The Morgan fingerprint density at radius 3 is 2.42 bits per heavy atom. The van der Waals surface area contributed by atoms with E-state index in [9.17, 15) is 4.79 Å². The van der Waals surface area contributed by atoms with Crippen molar-refractivity contribution in [2.24, 2.45) is 0 Å². The minimum absolute atomic E-state index is 0.270. The maximum absolute atomic E-state index is 11.2. The van der Waals surface area contributed by atoms with E-state index in [1.54, 1.807) is 24.3 Å². The predicted octanol–water partition coefficient (Wildman–Crippen LogP) is 5.20. The molecule has 1 aromatic heterocycles. The molecule has 0 bridgehead atoms. The molecule has 0 radical (unpaired) electrons. The number of carboxylic acid groups (broad SMARTS) is 1. The van der Waals surface area contributed by atoms with Gasteiger partial charge in [0.05, 0.1) is 22.9 Å². The molecule has 124 valence electrons. The molecular weight excluding hydrogens is 344 g/mol. The first kappa shape index (κ1) is 16.0. The van der Waals surface area contributed by atoms with Crippen molar-refractivity contribution in [2.75, 3.05) is 0 Å². The van der Waals surface area contributed by atoms with E-state index in [-0.39, 0.29) is 5.56 Å². The number of nitriles is 1. The number of carbonyl (C=O) groups is 1. The average molecular weight is 356 g/mol. The van der Waals surface area contributed by atoms with E-state index in [0.29, 0.717) is 5.56 Å². The Morgan fingerprint density at radius 2 is 1.69 bits per heavy atom. The van der Waals surface area contributed by atoms with Gasteiger partial charge in [0, 0.05) is 16.5 Å². The second kappa shape index (κ2) is 6.43. The number of rotatable bonds is 3. The number of nitrogens with zero attached hydrogens (tertiary/aromatic N) is 2. The van der Waals surface area contributed by atoms with E-state index in [1.807, 2.05) is 41.8 Å². The second-order valence-electron chi connectivity index (χ2n) is 5.81. The monoisotopic (exact) mass is 356 g/mol. The maximum Gasteiger partial charge on any atom is 0.335 e. The molecule has 0 saturated carbocycles. The Balaban J connectivity index is 1.72. The molecule has 0 unspecified atom stereocenters. The fourth-order valence-electron chi connectivity index (χ4n) is 2.77. The molecule has 3 aromatic carbocycles. The van der Waals surface area contributed by atoms with Crippen molar-refractivity contribution in [1.29, 1.82) is 5.26 Å². The van der Waals surface area contributed by atoms with E-state index in [0.717, 1.165) is 32.6 Å². The molecule has 1 heterocycles. The lowest BCUT2D eigenvalue weighted by atomic mass is 10.0. The standard InChI is InChI=1S/C21H12N2O2S/c22-11-13-1-3-15(4-2-13)19-12-26-20(23-19)16-7-5-14-6-8-17(21(24)25)10-18(14)9-16/h1-10,12H,(H,24,25). The van der Waals surface area contributed by atoms with Gasteiger partial charge in [-0.2, -0.15) is 5.26 Å². The van der Waals surface area contributed by atoms with Crippen molar-refractivity contribution in [2.45, 2.75) is 0 Å². The molecular formula is C21H12N2O2S. The number of aromatic carboxylic acids is 1. The molecule has 0 aliphatic carbocycles. The molecule has 0 aliphatic heterocycles. The summed E-state index contributed by atoms with van der Waals surface area (Å²) in [6, 6.07) is 20.4. The van der Waals surface area contributed by atoms with Gasteiger partial charge in [0.25, 0.3) is 0 Å². The summed E-state index contributed by atoms with van der Waals surface area (Å²) in [6.45, 7) is 0. The number of benzene rings is 3. The van der Waals surface area contributed by atoms with E-state index < -0.39 is 5.97 Å². The average Bonchev–Trinajstić information content (AvgIpc) is 3.17. The van der Waals surface area contributed by atoms with Crippen LogP contribution in [0.1, 0.15) is 15.9 Å². The van der Waals surface area contributed by atoms with Crippen LogP contribution in [-0.2, 0) is 0 Å². The molecule has 0 saturated heterocycles. The first-order valence-electron chi connectivity index (χ1n) is 7.87. The van der Waals surface area contributed by atoms with Crippen molar-refractivity contribution < 1.29 is 9.90 Å². The highest BCUT2D eigenvalue weighted by Crippen LogP contribution is 2.31. The first-order chi connectivity index (χ1) is 12.6. The summed E-state index contributed by atoms with van der Waals surface area (Å²) < 4.78 is 0. The Labute approximate surface area is 153 Å². The van der Waals surface area contributed by atoms with Gasteiger partial charge in [-0.1, -0.05) is 30.3 Å². The predicted molar refractivity (Wildman–Crippen MR) is 102 cm³/mol. The highest BCUT2D eigenvalue weighted by molar-refractivity contribution is 7.13. The summed E-state index contributed by atoms with van der Waals surface area (Å²) in [4.78, 5) is 15.9. The zero-order valence-electron chi connectivity index (χ0n) is 13.5.